The van der Waals surface area contributed by atoms with Crippen LogP contribution in [0.1, 0.15) is 25.2 Å². The number of nitrogens with zero attached hydrogens (tertiary/aromatic N) is 4. The quantitative estimate of drug-likeness (QED) is 0.652. The summed E-state index contributed by atoms with van der Waals surface area (Å²) in [5.41, 5.74) is 1.37. The third-order valence-corrected chi connectivity index (χ3v) is 1.65. The summed E-state index contributed by atoms with van der Waals surface area (Å²) >= 11 is 0. The lowest BCUT2D eigenvalue weighted by Gasteiger charge is -2.03. The Labute approximate surface area is 71.8 Å². The number of rotatable bonds is 2. The molecular weight excluding hydrogens is 152 g/mol. The van der Waals surface area contributed by atoms with E-state index in [1.807, 2.05) is 13.1 Å². The van der Waals surface area contributed by atoms with Gasteiger partial charge in [0.1, 0.15) is 6.07 Å². The molecule has 64 valence electrons. The van der Waals surface area contributed by atoms with E-state index in [2.05, 4.69) is 24.2 Å². The van der Waals surface area contributed by atoms with Crippen molar-refractivity contribution in [3.05, 3.63) is 11.4 Å². The predicted octanol–water partition coefficient (Wildman–Crippen LogP) is 0.885. The first-order valence-corrected chi connectivity index (χ1v) is 3.93. The van der Waals surface area contributed by atoms with Crippen LogP contribution in [0.25, 0.3) is 0 Å². The van der Waals surface area contributed by atoms with E-state index >= 15 is 0 Å². The summed E-state index contributed by atoms with van der Waals surface area (Å²) in [4.78, 5) is 0. The van der Waals surface area contributed by atoms with Crippen LogP contribution < -0.4 is 0 Å². The molecule has 0 radical (unpaired) electrons. The average molecular weight is 164 g/mol. The van der Waals surface area contributed by atoms with Crippen LogP contribution in [-0.2, 0) is 13.5 Å². The maximum Gasteiger partial charge on any atom is 0.185 e. The lowest BCUT2D eigenvalue weighted by atomic mass is 10.1. The van der Waals surface area contributed by atoms with Gasteiger partial charge in [-0.05, 0) is 12.3 Å². The van der Waals surface area contributed by atoms with Crippen LogP contribution in [0.3, 0.4) is 0 Å². The Balaban J connectivity index is 2.96. The second-order valence-corrected chi connectivity index (χ2v) is 3.22. The number of hydrogen-bond acceptors (Lipinski definition) is 3. The molecule has 0 aliphatic rings. The minimum Gasteiger partial charge on any atom is -0.251 e. The summed E-state index contributed by atoms with van der Waals surface area (Å²) in [6.45, 7) is 4.21. The second-order valence-electron chi connectivity index (χ2n) is 3.22. The first kappa shape index (κ1) is 8.72. The van der Waals surface area contributed by atoms with E-state index in [4.69, 9.17) is 5.26 Å². The molecule has 0 saturated carbocycles. The molecule has 0 aromatic carbocycles. The van der Waals surface area contributed by atoms with Gasteiger partial charge in [0.05, 0.1) is 5.69 Å². The van der Waals surface area contributed by atoms with Gasteiger partial charge in [-0.15, -0.1) is 5.10 Å². The Morgan fingerprint density at radius 3 is 2.75 bits per heavy atom. The Bertz CT molecular complexity index is 305. The van der Waals surface area contributed by atoms with Crippen molar-refractivity contribution in [1.29, 1.82) is 5.26 Å². The Morgan fingerprint density at radius 1 is 1.58 bits per heavy atom. The fourth-order valence-electron chi connectivity index (χ4n) is 1.08. The van der Waals surface area contributed by atoms with Crippen LogP contribution >= 0.6 is 0 Å². The van der Waals surface area contributed by atoms with Crippen LogP contribution in [0.5, 0.6) is 0 Å². The van der Waals surface area contributed by atoms with Crippen molar-refractivity contribution in [2.45, 2.75) is 20.3 Å². The van der Waals surface area contributed by atoms with Crippen molar-refractivity contribution in [3.8, 4) is 6.07 Å². The molecule has 1 aromatic rings. The Hall–Kier alpha value is -1.37. The fourth-order valence-corrected chi connectivity index (χ4v) is 1.08. The van der Waals surface area contributed by atoms with E-state index in [1.165, 1.54) is 0 Å². The average Bonchev–Trinajstić information content (AvgIpc) is 2.32. The molecule has 1 aromatic heterocycles. The molecule has 1 rings (SSSR count). The molecule has 4 heteroatoms. The van der Waals surface area contributed by atoms with Gasteiger partial charge >= 0.3 is 0 Å². The van der Waals surface area contributed by atoms with Crippen LogP contribution in [0.4, 0.5) is 0 Å². The van der Waals surface area contributed by atoms with Crippen LogP contribution in [0, 0.1) is 17.2 Å². The minimum absolute atomic E-state index is 0.450. The van der Waals surface area contributed by atoms with Gasteiger partial charge in [-0.25, -0.2) is 0 Å². The summed E-state index contributed by atoms with van der Waals surface area (Å²) in [5, 5.41) is 16.2. The first-order valence-electron chi connectivity index (χ1n) is 3.93. The number of nitriles is 1. The highest BCUT2D eigenvalue weighted by Gasteiger charge is 2.10. The molecule has 0 saturated heterocycles. The first-order chi connectivity index (χ1) is 5.65. The van der Waals surface area contributed by atoms with Gasteiger partial charge in [-0.2, -0.15) is 5.26 Å². The maximum atomic E-state index is 8.68. The molecule has 0 spiro atoms. The van der Waals surface area contributed by atoms with Crippen LogP contribution in [0.15, 0.2) is 0 Å². The molecule has 4 nitrogen and oxygen atoms in total. The molecule has 12 heavy (non-hydrogen) atoms. The van der Waals surface area contributed by atoms with Crippen molar-refractivity contribution in [1.82, 2.24) is 15.0 Å². The van der Waals surface area contributed by atoms with Gasteiger partial charge in [0.25, 0.3) is 0 Å². The van der Waals surface area contributed by atoms with E-state index in [-0.39, 0.29) is 0 Å². The van der Waals surface area contributed by atoms with Crippen molar-refractivity contribution >= 4 is 0 Å². The summed E-state index contributed by atoms with van der Waals surface area (Å²) in [7, 11) is 1.81. The van der Waals surface area contributed by atoms with Crippen LogP contribution in [-0.4, -0.2) is 15.0 Å². The molecule has 0 fully saturated rings. The predicted molar refractivity (Wildman–Crippen MR) is 44.3 cm³/mol. The standard InChI is InChI=1S/C8H12N4/c1-6(2)4-8-7(5-9)10-11-12(8)3/h6H,4H2,1-3H3. The molecule has 0 aliphatic heterocycles. The lowest BCUT2D eigenvalue weighted by Crippen LogP contribution is -2.03. The van der Waals surface area contributed by atoms with Gasteiger partial charge < -0.3 is 0 Å². The number of aromatic nitrogens is 3. The normalized spacial score (nSPS) is 10.2. The van der Waals surface area contributed by atoms with Crippen molar-refractivity contribution in [2.24, 2.45) is 13.0 Å². The summed E-state index contributed by atoms with van der Waals surface area (Å²) in [5.74, 6) is 0.522. The van der Waals surface area contributed by atoms with Gasteiger partial charge in [0.15, 0.2) is 5.69 Å². The van der Waals surface area contributed by atoms with E-state index in [9.17, 15) is 0 Å². The molecule has 0 aliphatic carbocycles. The van der Waals surface area contributed by atoms with Crippen molar-refractivity contribution < 1.29 is 0 Å². The summed E-state index contributed by atoms with van der Waals surface area (Å²) in [6.07, 6.45) is 0.854. The summed E-state index contributed by atoms with van der Waals surface area (Å²) in [6, 6.07) is 2.03. The lowest BCUT2D eigenvalue weighted by molar-refractivity contribution is 0.590. The largest absolute Gasteiger partial charge is 0.251 e. The van der Waals surface area contributed by atoms with E-state index in [1.54, 1.807) is 4.68 Å². The highest BCUT2D eigenvalue weighted by Crippen LogP contribution is 2.09. The van der Waals surface area contributed by atoms with Crippen LogP contribution in [0.2, 0.25) is 0 Å². The molecule has 1 heterocycles. The number of aryl methyl sites for hydroxylation is 1. The topological polar surface area (TPSA) is 54.5 Å². The minimum atomic E-state index is 0.450. The van der Waals surface area contributed by atoms with E-state index < -0.39 is 0 Å². The highest BCUT2D eigenvalue weighted by atomic mass is 15.4. The molecule has 0 N–H and O–H groups in total. The fraction of sp³-hybridized carbons (Fsp3) is 0.625. The summed E-state index contributed by atoms with van der Waals surface area (Å²) < 4.78 is 1.67. The third kappa shape index (κ3) is 1.62. The monoisotopic (exact) mass is 164 g/mol. The molecule has 0 unspecified atom stereocenters. The SMILES string of the molecule is CC(C)Cc1c(C#N)nnn1C. The zero-order chi connectivity index (χ0) is 9.14. The van der Waals surface area contributed by atoms with Gasteiger partial charge in [0.2, 0.25) is 0 Å². The Kier molecular flexibility index (Phi) is 2.44. The second kappa shape index (κ2) is 3.35. The zero-order valence-electron chi connectivity index (χ0n) is 7.57. The van der Waals surface area contributed by atoms with Gasteiger partial charge in [-0.1, -0.05) is 19.1 Å². The van der Waals surface area contributed by atoms with Crippen molar-refractivity contribution in [2.75, 3.05) is 0 Å². The van der Waals surface area contributed by atoms with Crippen molar-refractivity contribution in [3.63, 3.8) is 0 Å². The molecule has 0 amide bonds. The highest BCUT2D eigenvalue weighted by molar-refractivity contribution is 5.24. The van der Waals surface area contributed by atoms with Gasteiger partial charge in [0, 0.05) is 7.05 Å². The smallest absolute Gasteiger partial charge is 0.185 e. The van der Waals surface area contributed by atoms with E-state index in [0.717, 1.165) is 12.1 Å². The van der Waals surface area contributed by atoms with Gasteiger partial charge in [-0.3, -0.25) is 4.68 Å². The molecular formula is C8H12N4. The van der Waals surface area contributed by atoms with E-state index in [0.29, 0.717) is 11.6 Å². The molecule has 0 bridgehead atoms. The Morgan fingerprint density at radius 2 is 2.25 bits per heavy atom. The number of hydrogen-bond donors (Lipinski definition) is 0. The zero-order valence-corrected chi connectivity index (χ0v) is 7.57. The third-order valence-electron chi connectivity index (χ3n) is 1.65. The maximum absolute atomic E-state index is 8.68. The molecule has 0 atom stereocenters.